The fourth-order valence-electron chi connectivity index (χ4n) is 2.74. The van der Waals surface area contributed by atoms with E-state index in [1.807, 2.05) is 27.7 Å². The Hall–Kier alpha value is -1.40. The zero-order valence-corrected chi connectivity index (χ0v) is 14.4. The summed E-state index contributed by atoms with van der Waals surface area (Å²) in [6, 6.07) is 4.82. The van der Waals surface area contributed by atoms with Crippen LogP contribution in [0.1, 0.15) is 50.9 Å². The van der Waals surface area contributed by atoms with Crippen molar-refractivity contribution in [2.24, 2.45) is 0 Å². The van der Waals surface area contributed by atoms with E-state index in [1.54, 1.807) is 24.1 Å². The van der Waals surface area contributed by atoms with Crippen LogP contribution in [0.2, 0.25) is 0 Å². The van der Waals surface area contributed by atoms with Crippen molar-refractivity contribution >= 4 is 18.5 Å². The van der Waals surface area contributed by atoms with Gasteiger partial charge in [-0.25, -0.2) is 4.39 Å². The average molecular weight is 319 g/mol. The van der Waals surface area contributed by atoms with Gasteiger partial charge in [-0.2, -0.15) is 0 Å². The first-order valence-corrected chi connectivity index (χ1v) is 8.05. The molecule has 2 aliphatic rings. The highest BCUT2D eigenvalue weighted by atomic mass is 19.1. The molecule has 6 heteroatoms. The second-order valence-electron chi connectivity index (χ2n) is 7.44. The van der Waals surface area contributed by atoms with Crippen molar-refractivity contribution in [3.63, 3.8) is 0 Å². The summed E-state index contributed by atoms with van der Waals surface area (Å²) in [6.07, 6.45) is 1.95. The number of hydrogen-bond donors (Lipinski definition) is 0. The molecule has 0 aromatic heterocycles. The second kappa shape index (κ2) is 5.31. The third-order valence-electron chi connectivity index (χ3n) is 5.18. The fraction of sp³-hybridized carbons (Fsp3) is 0.588. The van der Waals surface area contributed by atoms with Gasteiger partial charge < -0.3 is 14.2 Å². The molecule has 23 heavy (non-hydrogen) atoms. The van der Waals surface area contributed by atoms with Crippen molar-refractivity contribution in [3.8, 4) is 0 Å². The van der Waals surface area contributed by atoms with Gasteiger partial charge in [0.2, 0.25) is 0 Å². The molecular weight excluding hydrogens is 296 g/mol. The predicted octanol–water partition coefficient (Wildman–Crippen LogP) is 2.36. The van der Waals surface area contributed by atoms with Crippen molar-refractivity contribution in [1.29, 1.82) is 0 Å². The molecule has 0 radical (unpaired) electrons. The Kier molecular flexibility index (Phi) is 3.80. The molecule has 0 N–H and O–H groups in total. The summed E-state index contributed by atoms with van der Waals surface area (Å²) in [5.41, 5.74) is -0.555. The highest BCUT2D eigenvalue weighted by Gasteiger charge is 2.53. The Morgan fingerprint density at radius 1 is 1.22 bits per heavy atom. The van der Waals surface area contributed by atoms with Gasteiger partial charge in [-0.1, -0.05) is 12.1 Å². The van der Waals surface area contributed by atoms with Crippen LogP contribution >= 0.6 is 0 Å². The van der Waals surface area contributed by atoms with Crippen LogP contribution in [-0.4, -0.2) is 42.2 Å². The molecule has 1 aromatic rings. The second-order valence-corrected chi connectivity index (χ2v) is 7.44. The van der Waals surface area contributed by atoms with Crippen LogP contribution in [0.15, 0.2) is 18.2 Å². The lowest BCUT2D eigenvalue weighted by molar-refractivity contribution is 0.00578. The van der Waals surface area contributed by atoms with Crippen LogP contribution in [-0.2, 0) is 9.31 Å². The number of carbonyl (C=O) groups excluding carboxylic acids is 1. The van der Waals surface area contributed by atoms with Crippen LogP contribution in [0.25, 0.3) is 0 Å². The van der Waals surface area contributed by atoms with Crippen LogP contribution in [0, 0.1) is 5.82 Å². The Labute approximate surface area is 137 Å². The number of carbonyl (C=O) groups is 1. The first-order valence-electron chi connectivity index (χ1n) is 8.05. The van der Waals surface area contributed by atoms with Gasteiger partial charge in [-0.15, -0.1) is 0 Å². The summed E-state index contributed by atoms with van der Waals surface area (Å²) in [5, 5.41) is 0. The van der Waals surface area contributed by atoms with E-state index >= 15 is 0 Å². The summed E-state index contributed by atoms with van der Waals surface area (Å²) in [4.78, 5) is 14.3. The Bertz CT molecular complexity index is 627. The van der Waals surface area contributed by atoms with Gasteiger partial charge in [0.15, 0.2) is 0 Å². The molecule has 1 heterocycles. The van der Waals surface area contributed by atoms with Crippen molar-refractivity contribution < 1.29 is 18.5 Å². The number of nitrogens with zero attached hydrogens (tertiary/aromatic N) is 1. The summed E-state index contributed by atoms with van der Waals surface area (Å²) in [5.74, 6) is -0.843. The molecular formula is C17H23BFNO3. The Balaban J connectivity index is 1.98. The molecule has 124 valence electrons. The zero-order chi connectivity index (χ0) is 17.0. The van der Waals surface area contributed by atoms with E-state index in [2.05, 4.69) is 0 Å². The van der Waals surface area contributed by atoms with Gasteiger partial charge in [-0.05, 0) is 52.1 Å². The van der Waals surface area contributed by atoms with E-state index in [0.29, 0.717) is 5.46 Å². The van der Waals surface area contributed by atoms with E-state index in [1.165, 1.54) is 6.07 Å². The fourth-order valence-corrected chi connectivity index (χ4v) is 2.74. The topological polar surface area (TPSA) is 38.8 Å². The van der Waals surface area contributed by atoms with Crippen LogP contribution in [0.4, 0.5) is 4.39 Å². The minimum Gasteiger partial charge on any atom is -0.399 e. The molecule has 1 aliphatic carbocycles. The van der Waals surface area contributed by atoms with Gasteiger partial charge in [0.25, 0.3) is 5.91 Å². The molecule has 4 nitrogen and oxygen atoms in total. The molecule has 0 spiro atoms. The van der Waals surface area contributed by atoms with Crippen molar-refractivity contribution in [2.75, 3.05) is 7.05 Å². The summed E-state index contributed by atoms with van der Waals surface area (Å²) in [7, 11) is 0.975. The summed E-state index contributed by atoms with van der Waals surface area (Å²) >= 11 is 0. The number of hydrogen-bond acceptors (Lipinski definition) is 3. The van der Waals surface area contributed by atoms with Crippen molar-refractivity contribution in [3.05, 3.63) is 29.6 Å². The minimum atomic E-state index is -0.748. The lowest BCUT2D eigenvalue weighted by atomic mass is 9.75. The molecule has 2 fully saturated rings. The maximum atomic E-state index is 14.4. The largest absolute Gasteiger partial charge is 0.495 e. The zero-order valence-electron chi connectivity index (χ0n) is 14.4. The SMILES string of the molecule is CN(C(=O)c1c(F)cccc1B1OC(C)(C)C(C)(C)O1)C1CC1. The molecule has 3 rings (SSSR count). The highest BCUT2D eigenvalue weighted by molar-refractivity contribution is 6.63. The predicted molar refractivity (Wildman–Crippen MR) is 87.2 cm³/mol. The van der Waals surface area contributed by atoms with E-state index < -0.39 is 24.1 Å². The normalized spacial score (nSPS) is 22.3. The molecule has 1 saturated heterocycles. The van der Waals surface area contributed by atoms with Gasteiger partial charge in [0.1, 0.15) is 5.82 Å². The average Bonchev–Trinajstić information content (AvgIpc) is 3.25. The molecule has 0 bridgehead atoms. The maximum Gasteiger partial charge on any atom is 0.495 e. The first-order chi connectivity index (χ1) is 10.6. The van der Waals surface area contributed by atoms with Crippen LogP contribution in [0.3, 0.4) is 0 Å². The molecule has 1 saturated carbocycles. The molecule has 0 unspecified atom stereocenters. The molecule has 1 aliphatic heterocycles. The van der Waals surface area contributed by atoms with Crippen molar-refractivity contribution in [2.45, 2.75) is 57.8 Å². The van der Waals surface area contributed by atoms with Crippen LogP contribution in [0.5, 0.6) is 0 Å². The molecule has 1 aromatic carbocycles. The summed E-state index contributed by atoms with van der Waals surface area (Å²) < 4.78 is 26.4. The van der Waals surface area contributed by atoms with E-state index in [9.17, 15) is 9.18 Å². The Morgan fingerprint density at radius 2 is 1.78 bits per heavy atom. The van der Waals surface area contributed by atoms with E-state index in [-0.39, 0.29) is 17.5 Å². The first kappa shape index (κ1) is 16.5. The van der Waals surface area contributed by atoms with Crippen LogP contribution < -0.4 is 5.46 Å². The Morgan fingerprint density at radius 3 is 2.30 bits per heavy atom. The molecule has 0 atom stereocenters. The monoisotopic (exact) mass is 319 g/mol. The highest BCUT2D eigenvalue weighted by Crippen LogP contribution is 2.37. The maximum absolute atomic E-state index is 14.4. The smallest absolute Gasteiger partial charge is 0.399 e. The quantitative estimate of drug-likeness (QED) is 0.803. The van der Waals surface area contributed by atoms with Crippen molar-refractivity contribution in [1.82, 2.24) is 4.90 Å². The van der Waals surface area contributed by atoms with E-state index in [4.69, 9.17) is 9.31 Å². The standard InChI is InChI=1S/C17H23BFNO3/c1-16(2)17(3,4)23-18(22-16)12-7-6-8-13(19)14(12)15(21)20(5)11-9-10-11/h6-8,11H,9-10H2,1-5H3. The third-order valence-corrected chi connectivity index (χ3v) is 5.18. The summed E-state index contributed by atoms with van der Waals surface area (Å²) in [6.45, 7) is 7.74. The van der Waals surface area contributed by atoms with Gasteiger partial charge >= 0.3 is 7.12 Å². The third kappa shape index (κ3) is 2.79. The van der Waals surface area contributed by atoms with E-state index in [0.717, 1.165) is 12.8 Å². The molecule has 1 amide bonds. The number of amides is 1. The number of rotatable bonds is 3. The lowest BCUT2D eigenvalue weighted by Gasteiger charge is -2.32. The van der Waals surface area contributed by atoms with Gasteiger partial charge in [0, 0.05) is 13.1 Å². The minimum absolute atomic E-state index is 0.0559. The number of halogens is 1. The van der Waals surface area contributed by atoms with Gasteiger partial charge in [0.05, 0.1) is 16.8 Å². The lowest BCUT2D eigenvalue weighted by Crippen LogP contribution is -2.42. The number of benzene rings is 1. The van der Waals surface area contributed by atoms with Gasteiger partial charge in [-0.3, -0.25) is 4.79 Å².